The van der Waals surface area contributed by atoms with Crippen LogP contribution >= 0.6 is 0 Å². The van der Waals surface area contributed by atoms with Gasteiger partial charge in [-0.05, 0) is 37.1 Å². The number of nitrogens with one attached hydrogen (secondary N) is 2. The fourth-order valence-corrected chi connectivity index (χ4v) is 3.26. The van der Waals surface area contributed by atoms with Gasteiger partial charge in [0.1, 0.15) is 6.04 Å². The molecule has 0 saturated heterocycles. The lowest BCUT2D eigenvalue weighted by molar-refractivity contribution is -0.137. The van der Waals surface area contributed by atoms with Gasteiger partial charge in [-0.2, -0.15) is 0 Å². The summed E-state index contributed by atoms with van der Waals surface area (Å²) in [7, 11) is 0. The van der Waals surface area contributed by atoms with Crippen LogP contribution in [0.15, 0.2) is 67.0 Å². The largest absolute Gasteiger partial charge is 0.481 e. The quantitative estimate of drug-likeness (QED) is 0.465. The zero-order valence-electron chi connectivity index (χ0n) is 18.5. The Morgan fingerprint density at radius 3 is 2.18 bits per heavy atom. The predicted molar refractivity (Wildman–Crippen MR) is 123 cm³/mol. The summed E-state index contributed by atoms with van der Waals surface area (Å²) in [4.78, 5) is 45.1. The summed E-state index contributed by atoms with van der Waals surface area (Å²) in [5, 5.41) is 14.4. The van der Waals surface area contributed by atoms with Crippen LogP contribution in [0.4, 0.5) is 0 Å². The highest BCUT2D eigenvalue weighted by molar-refractivity contribution is 5.97. The SMILES string of the molecule is Cc1cnc(-c2ccc(CC(NC(=O)c3ccccc3)C(=O)NC(C)CC(=O)O)cc2)nc1. The van der Waals surface area contributed by atoms with Crippen molar-refractivity contribution in [2.24, 2.45) is 0 Å². The molecule has 8 nitrogen and oxygen atoms in total. The molecular formula is C25H26N4O4. The molecule has 0 aliphatic rings. The van der Waals surface area contributed by atoms with Crippen molar-refractivity contribution in [1.82, 2.24) is 20.6 Å². The first-order chi connectivity index (χ1) is 15.8. The van der Waals surface area contributed by atoms with Crippen LogP contribution in [-0.2, 0) is 16.0 Å². The highest BCUT2D eigenvalue weighted by Crippen LogP contribution is 2.16. The van der Waals surface area contributed by atoms with E-state index in [1.54, 1.807) is 49.6 Å². The maximum absolute atomic E-state index is 12.9. The Morgan fingerprint density at radius 2 is 1.58 bits per heavy atom. The lowest BCUT2D eigenvalue weighted by atomic mass is 10.0. The first kappa shape index (κ1) is 23.6. The van der Waals surface area contributed by atoms with Gasteiger partial charge in [-0.25, -0.2) is 9.97 Å². The number of aryl methyl sites for hydroxylation is 1. The maximum atomic E-state index is 12.9. The van der Waals surface area contributed by atoms with Gasteiger partial charge in [0.25, 0.3) is 5.91 Å². The molecule has 0 bridgehead atoms. The Kier molecular flexibility index (Phi) is 7.86. The van der Waals surface area contributed by atoms with Crippen molar-refractivity contribution in [3.8, 4) is 11.4 Å². The molecule has 3 aromatic rings. The predicted octanol–water partition coefficient (Wildman–Crippen LogP) is 2.77. The topological polar surface area (TPSA) is 121 Å². The van der Waals surface area contributed by atoms with Gasteiger partial charge in [-0.1, -0.05) is 42.5 Å². The van der Waals surface area contributed by atoms with Crippen LogP contribution in [0.1, 0.15) is 34.8 Å². The second-order valence-electron chi connectivity index (χ2n) is 7.88. The third kappa shape index (κ3) is 6.96. The fraction of sp³-hybridized carbons (Fsp3) is 0.240. The minimum absolute atomic E-state index is 0.212. The van der Waals surface area contributed by atoms with E-state index in [2.05, 4.69) is 20.6 Å². The van der Waals surface area contributed by atoms with E-state index in [9.17, 15) is 14.4 Å². The van der Waals surface area contributed by atoms with Crippen molar-refractivity contribution < 1.29 is 19.5 Å². The molecular weight excluding hydrogens is 420 g/mol. The van der Waals surface area contributed by atoms with Crippen LogP contribution in [0.2, 0.25) is 0 Å². The minimum Gasteiger partial charge on any atom is -0.481 e. The maximum Gasteiger partial charge on any atom is 0.305 e. The van der Waals surface area contributed by atoms with Crippen molar-refractivity contribution in [2.75, 3.05) is 0 Å². The number of nitrogens with zero attached hydrogens (tertiary/aromatic N) is 2. The van der Waals surface area contributed by atoms with Gasteiger partial charge in [0.2, 0.25) is 5.91 Å². The van der Waals surface area contributed by atoms with Crippen molar-refractivity contribution in [2.45, 2.75) is 38.8 Å². The van der Waals surface area contributed by atoms with Crippen LogP contribution in [0.25, 0.3) is 11.4 Å². The minimum atomic E-state index is -1.01. The Morgan fingerprint density at radius 1 is 0.939 bits per heavy atom. The molecule has 3 rings (SSSR count). The second kappa shape index (κ2) is 11.0. The summed E-state index contributed by atoms with van der Waals surface area (Å²) in [6, 6.07) is 14.6. The van der Waals surface area contributed by atoms with E-state index in [-0.39, 0.29) is 18.7 Å². The fourth-order valence-electron chi connectivity index (χ4n) is 3.26. The number of hydrogen-bond donors (Lipinski definition) is 3. The molecule has 0 aliphatic carbocycles. The van der Waals surface area contributed by atoms with Crippen molar-refractivity contribution in [3.63, 3.8) is 0 Å². The molecule has 1 aromatic heterocycles. The van der Waals surface area contributed by atoms with E-state index < -0.39 is 24.0 Å². The molecule has 2 amide bonds. The number of carboxylic acids is 1. The molecule has 2 aromatic carbocycles. The summed E-state index contributed by atoms with van der Waals surface area (Å²) in [6.07, 6.45) is 3.51. The Balaban J connectivity index is 1.76. The normalized spacial score (nSPS) is 12.4. The number of carbonyl (C=O) groups excluding carboxylic acids is 2. The lowest BCUT2D eigenvalue weighted by Gasteiger charge is -2.21. The number of carboxylic acid groups (broad SMARTS) is 1. The summed E-state index contributed by atoms with van der Waals surface area (Å²) in [6.45, 7) is 3.53. The standard InChI is InChI=1S/C25H26N4O4/c1-16-14-26-23(27-15-16)19-10-8-18(9-11-19)13-21(25(33)28-17(2)12-22(30)31)29-24(32)20-6-4-3-5-7-20/h3-11,14-15,17,21H,12-13H2,1-2H3,(H,28,33)(H,29,32)(H,30,31). The number of aliphatic carboxylic acids is 1. The van der Waals surface area contributed by atoms with E-state index >= 15 is 0 Å². The average molecular weight is 447 g/mol. The molecule has 0 saturated carbocycles. The van der Waals surface area contributed by atoms with Crippen LogP contribution in [0, 0.1) is 6.92 Å². The average Bonchev–Trinajstić information content (AvgIpc) is 2.79. The van der Waals surface area contributed by atoms with E-state index in [1.165, 1.54) is 0 Å². The first-order valence-corrected chi connectivity index (χ1v) is 10.6. The Labute approximate surface area is 192 Å². The molecule has 0 aliphatic heterocycles. The molecule has 170 valence electrons. The van der Waals surface area contributed by atoms with Gasteiger partial charge in [0, 0.05) is 36.0 Å². The van der Waals surface area contributed by atoms with Crippen LogP contribution < -0.4 is 10.6 Å². The molecule has 33 heavy (non-hydrogen) atoms. The molecule has 8 heteroatoms. The number of carbonyl (C=O) groups is 3. The highest BCUT2D eigenvalue weighted by Gasteiger charge is 2.24. The zero-order chi connectivity index (χ0) is 23.8. The van der Waals surface area contributed by atoms with E-state index in [0.717, 1.165) is 16.7 Å². The smallest absolute Gasteiger partial charge is 0.305 e. The van der Waals surface area contributed by atoms with Gasteiger partial charge >= 0.3 is 5.97 Å². The number of aromatic nitrogens is 2. The molecule has 0 fully saturated rings. The van der Waals surface area contributed by atoms with Crippen molar-refractivity contribution in [3.05, 3.63) is 83.7 Å². The molecule has 0 spiro atoms. The molecule has 1 heterocycles. The van der Waals surface area contributed by atoms with Crippen LogP contribution in [0.3, 0.4) is 0 Å². The Hall–Kier alpha value is -4.07. The van der Waals surface area contributed by atoms with Crippen LogP contribution in [0.5, 0.6) is 0 Å². The van der Waals surface area contributed by atoms with Crippen molar-refractivity contribution in [1.29, 1.82) is 0 Å². The van der Waals surface area contributed by atoms with Gasteiger partial charge in [-0.15, -0.1) is 0 Å². The summed E-state index contributed by atoms with van der Waals surface area (Å²) >= 11 is 0. The van der Waals surface area contributed by atoms with E-state index in [0.29, 0.717) is 11.4 Å². The number of amides is 2. The van der Waals surface area contributed by atoms with Gasteiger partial charge in [0.05, 0.1) is 6.42 Å². The van der Waals surface area contributed by atoms with Crippen LogP contribution in [-0.4, -0.2) is 44.9 Å². The molecule has 2 unspecified atom stereocenters. The zero-order valence-corrected chi connectivity index (χ0v) is 18.5. The van der Waals surface area contributed by atoms with Crippen molar-refractivity contribution >= 4 is 17.8 Å². The number of rotatable bonds is 9. The second-order valence-corrected chi connectivity index (χ2v) is 7.88. The third-order valence-corrected chi connectivity index (χ3v) is 4.96. The number of benzene rings is 2. The molecule has 0 radical (unpaired) electrons. The van der Waals surface area contributed by atoms with E-state index in [4.69, 9.17) is 5.11 Å². The Bertz CT molecular complexity index is 1100. The summed E-state index contributed by atoms with van der Waals surface area (Å²) in [5.41, 5.74) is 3.06. The van der Waals surface area contributed by atoms with Gasteiger partial charge in [-0.3, -0.25) is 14.4 Å². The summed E-state index contributed by atoms with van der Waals surface area (Å²) in [5.74, 6) is -1.24. The highest BCUT2D eigenvalue weighted by atomic mass is 16.4. The van der Waals surface area contributed by atoms with Gasteiger partial charge in [0.15, 0.2) is 5.82 Å². The van der Waals surface area contributed by atoms with E-state index in [1.807, 2.05) is 31.2 Å². The molecule has 2 atom stereocenters. The monoisotopic (exact) mass is 446 g/mol. The molecule has 3 N–H and O–H groups in total. The summed E-state index contributed by atoms with van der Waals surface area (Å²) < 4.78 is 0. The number of hydrogen-bond acceptors (Lipinski definition) is 5. The van der Waals surface area contributed by atoms with Gasteiger partial charge < -0.3 is 15.7 Å². The lowest BCUT2D eigenvalue weighted by Crippen LogP contribution is -2.50. The first-order valence-electron chi connectivity index (χ1n) is 10.6. The third-order valence-electron chi connectivity index (χ3n) is 4.96.